The molecular formula is C29H30N2O6S. The average molecular weight is 535 g/mol. The summed E-state index contributed by atoms with van der Waals surface area (Å²) in [5.74, 6) is 0.519. The average Bonchev–Trinajstić information content (AvgIpc) is 3.20. The second-order valence-corrected chi connectivity index (χ2v) is 9.54. The Balaban J connectivity index is 1.92. The number of carbonyl (C=O) groups excluding carboxylic acids is 1. The fourth-order valence-electron chi connectivity index (χ4n) is 4.41. The molecule has 1 aliphatic heterocycles. The van der Waals surface area contributed by atoms with Gasteiger partial charge in [0, 0.05) is 5.56 Å². The van der Waals surface area contributed by atoms with Crippen LogP contribution in [0.3, 0.4) is 0 Å². The Kier molecular flexibility index (Phi) is 8.16. The van der Waals surface area contributed by atoms with E-state index in [4.69, 9.17) is 14.2 Å². The standard InChI is InChI=1S/C29H30N2O6S/c1-6-9-20-14-18(15-22(35-5)26(20)32)16-23-27(33)31-25(19-10-12-21(13-11-19)36-7-2)24(28(34)37-8-3)17(4)30-29(31)38-23/h6,10-16,25,32H,1,7-9H2,2-5H3/b23-16+/t25-/m0/s1. The van der Waals surface area contributed by atoms with Crippen molar-refractivity contribution < 1.29 is 24.1 Å². The first-order valence-electron chi connectivity index (χ1n) is 12.3. The summed E-state index contributed by atoms with van der Waals surface area (Å²) in [6.45, 7) is 9.86. The Labute approximate surface area is 224 Å². The van der Waals surface area contributed by atoms with Gasteiger partial charge in [-0.05, 0) is 68.7 Å². The molecule has 2 heterocycles. The van der Waals surface area contributed by atoms with Crippen LogP contribution < -0.4 is 24.4 Å². The van der Waals surface area contributed by atoms with Gasteiger partial charge in [0.25, 0.3) is 5.56 Å². The van der Waals surface area contributed by atoms with Gasteiger partial charge in [-0.2, -0.15) is 0 Å². The Bertz CT molecular complexity index is 1580. The van der Waals surface area contributed by atoms with Gasteiger partial charge in [-0.1, -0.05) is 29.5 Å². The summed E-state index contributed by atoms with van der Waals surface area (Å²) in [5, 5.41) is 10.4. The molecule has 0 bridgehead atoms. The van der Waals surface area contributed by atoms with E-state index in [1.165, 1.54) is 23.0 Å². The molecule has 0 saturated heterocycles. The lowest BCUT2D eigenvalue weighted by Gasteiger charge is -2.24. The van der Waals surface area contributed by atoms with Crippen LogP contribution in [-0.4, -0.2) is 36.0 Å². The second kappa shape index (κ2) is 11.5. The molecule has 38 heavy (non-hydrogen) atoms. The molecular weight excluding hydrogens is 504 g/mol. The molecule has 9 heteroatoms. The smallest absolute Gasteiger partial charge is 0.338 e. The van der Waals surface area contributed by atoms with Crippen LogP contribution in [0.15, 0.2) is 70.1 Å². The monoisotopic (exact) mass is 534 g/mol. The summed E-state index contributed by atoms with van der Waals surface area (Å²) in [4.78, 5) is 32.0. The molecule has 1 aromatic heterocycles. The van der Waals surface area contributed by atoms with E-state index in [1.807, 2.05) is 31.2 Å². The number of ether oxygens (including phenoxy) is 3. The normalized spacial score (nSPS) is 15.1. The number of phenolic OH excluding ortho intramolecular Hbond substituents is 1. The third kappa shape index (κ3) is 5.15. The van der Waals surface area contributed by atoms with Gasteiger partial charge in [0.2, 0.25) is 0 Å². The lowest BCUT2D eigenvalue weighted by atomic mass is 9.96. The number of aromatic hydroxyl groups is 1. The Hall–Kier alpha value is -4.11. The minimum atomic E-state index is -0.714. The predicted molar refractivity (Wildman–Crippen MR) is 147 cm³/mol. The van der Waals surface area contributed by atoms with Crippen molar-refractivity contribution in [3.8, 4) is 17.2 Å². The van der Waals surface area contributed by atoms with E-state index in [2.05, 4.69) is 11.6 Å². The minimum Gasteiger partial charge on any atom is -0.504 e. The van der Waals surface area contributed by atoms with Crippen molar-refractivity contribution in [3.63, 3.8) is 0 Å². The number of hydrogen-bond acceptors (Lipinski definition) is 8. The first-order chi connectivity index (χ1) is 18.3. The van der Waals surface area contributed by atoms with Gasteiger partial charge >= 0.3 is 5.97 Å². The van der Waals surface area contributed by atoms with Crippen LogP contribution in [0.2, 0.25) is 0 Å². The van der Waals surface area contributed by atoms with E-state index in [1.54, 1.807) is 38.1 Å². The van der Waals surface area contributed by atoms with Gasteiger partial charge in [0.05, 0.1) is 42.2 Å². The number of fused-ring (bicyclic) bond motifs is 1. The quantitative estimate of drug-likeness (QED) is 0.333. The minimum absolute atomic E-state index is 0.0382. The van der Waals surface area contributed by atoms with Crippen LogP contribution in [0, 0.1) is 0 Å². The number of nitrogens with zero attached hydrogens (tertiary/aromatic N) is 2. The number of esters is 1. The number of thiazole rings is 1. The van der Waals surface area contributed by atoms with E-state index < -0.39 is 12.0 Å². The lowest BCUT2D eigenvalue weighted by molar-refractivity contribution is -0.139. The SMILES string of the molecule is C=CCc1cc(/C=c2/sc3n(c2=O)[C@@H](c2ccc(OCC)cc2)C(C(=O)OCC)=C(C)N=3)cc(OC)c1O. The molecule has 0 aliphatic carbocycles. The van der Waals surface area contributed by atoms with Gasteiger partial charge in [-0.25, -0.2) is 9.79 Å². The van der Waals surface area contributed by atoms with E-state index in [-0.39, 0.29) is 17.9 Å². The molecule has 0 fully saturated rings. The third-order valence-electron chi connectivity index (χ3n) is 6.08. The topological polar surface area (TPSA) is 99.4 Å². The number of allylic oxidation sites excluding steroid dienone is 2. The summed E-state index contributed by atoms with van der Waals surface area (Å²) >= 11 is 1.23. The van der Waals surface area contributed by atoms with Crippen molar-refractivity contribution in [1.29, 1.82) is 0 Å². The zero-order chi connectivity index (χ0) is 27.4. The fraction of sp³-hybridized carbons (Fsp3) is 0.276. The molecule has 4 rings (SSSR count). The number of hydrogen-bond donors (Lipinski definition) is 1. The van der Waals surface area contributed by atoms with Gasteiger partial charge in [-0.3, -0.25) is 9.36 Å². The van der Waals surface area contributed by atoms with Gasteiger partial charge in [-0.15, -0.1) is 6.58 Å². The predicted octanol–water partition coefficient (Wildman–Crippen LogP) is 3.64. The Morgan fingerprint density at radius 2 is 1.95 bits per heavy atom. The zero-order valence-electron chi connectivity index (χ0n) is 21.8. The van der Waals surface area contributed by atoms with Crippen molar-refractivity contribution in [3.05, 3.63) is 96.7 Å². The summed E-state index contributed by atoms with van der Waals surface area (Å²) in [5.41, 5.74) is 2.56. The number of carbonyl (C=O) groups is 1. The molecule has 0 unspecified atom stereocenters. The van der Waals surface area contributed by atoms with Gasteiger partial charge in [0.1, 0.15) is 5.75 Å². The van der Waals surface area contributed by atoms with Crippen LogP contribution in [0.1, 0.15) is 43.5 Å². The second-order valence-electron chi connectivity index (χ2n) is 8.53. The Morgan fingerprint density at radius 1 is 1.21 bits per heavy atom. The first-order valence-corrected chi connectivity index (χ1v) is 13.1. The van der Waals surface area contributed by atoms with Crippen LogP contribution in [0.25, 0.3) is 6.08 Å². The number of methoxy groups -OCH3 is 1. The first kappa shape index (κ1) is 26.9. The molecule has 198 valence electrons. The van der Waals surface area contributed by atoms with Crippen LogP contribution in [-0.2, 0) is 16.0 Å². The van der Waals surface area contributed by atoms with Crippen LogP contribution >= 0.6 is 11.3 Å². The highest BCUT2D eigenvalue weighted by atomic mass is 32.1. The maximum absolute atomic E-state index is 13.8. The molecule has 0 saturated carbocycles. The van der Waals surface area contributed by atoms with Crippen molar-refractivity contribution in [2.75, 3.05) is 20.3 Å². The molecule has 0 amide bonds. The molecule has 1 N–H and O–H groups in total. The number of rotatable bonds is 9. The number of benzene rings is 2. The number of aromatic nitrogens is 1. The highest BCUT2D eigenvalue weighted by Gasteiger charge is 2.33. The van der Waals surface area contributed by atoms with Crippen molar-refractivity contribution in [1.82, 2.24) is 4.57 Å². The summed E-state index contributed by atoms with van der Waals surface area (Å²) in [7, 11) is 1.47. The maximum atomic E-state index is 13.8. The molecule has 0 spiro atoms. The van der Waals surface area contributed by atoms with Crippen molar-refractivity contribution >= 4 is 23.4 Å². The Morgan fingerprint density at radius 3 is 2.58 bits per heavy atom. The zero-order valence-corrected chi connectivity index (χ0v) is 22.6. The molecule has 0 radical (unpaired) electrons. The van der Waals surface area contributed by atoms with E-state index in [0.717, 1.165) is 5.56 Å². The van der Waals surface area contributed by atoms with Crippen molar-refractivity contribution in [2.24, 2.45) is 4.99 Å². The highest BCUT2D eigenvalue weighted by Crippen LogP contribution is 2.33. The van der Waals surface area contributed by atoms with E-state index in [9.17, 15) is 14.7 Å². The van der Waals surface area contributed by atoms with E-state index >= 15 is 0 Å². The summed E-state index contributed by atoms with van der Waals surface area (Å²) < 4.78 is 18.2. The number of phenols is 1. The maximum Gasteiger partial charge on any atom is 0.338 e. The molecule has 2 aromatic carbocycles. The highest BCUT2D eigenvalue weighted by molar-refractivity contribution is 7.07. The largest absolute Gasteiger partial charge is 0.504 e. The summed E-state index contributed by atoms with van der Waals surface area (Å²) in [6, 6.07) is 10.1. The van der Waals surface area contributed by atoms with Crippen LogP contribution in [0.5, 0.6) is 17.2 Å². The molecule has 1 aliphatic rings. The van der Waals surface area contributed by atoms with E-state index in [0.29, 0.717) is 56.3 Å². The molecule has 1 atom stereocenters. The van der Waals surface area contributed by atoms with Crippen LogP contribution in [0.4, 0.5) is 0 Å². The third-order valence-corrected chi connectivity index (χ3v) is 7.06. The molecule has 3 aromatic rings. The van der Waals surface area contributed by atoms with Crippen molar-refractivity contribution in [2.45, 2.75) is 33.2 Å². The van der Waals surface area contributed by atoms with Gasteiger partial charge < -0.3 is 19.3 Å². The van der Waals surface area contributed by atoms with Gasteiger partial charge in [0.15, 0.2) is 16.3 Å². The molecule has 8 nitrogen and oxygen atoms in total. The fourth-order valence-corrected chi connectivity index (χ4v) is 5.46. The summed E-state index contributed by atoms with van der Waals surface area (Å²) in [6.07, 6.45) is 3.85. The lowest BCUT2D eigenvalue weighted by Crippen LogP contribution is -2.39.